The Morgan fingerprint density at radius 3 is 2.61 bits per heavy atom. The van der Waals surface area contributed by atoms with Crippen LogP contribution in [-0.4, -0.2) is 42.9 Å². The Bertz CT molecular complexity index is 1790. The first-order valence-electron chi connectivity index (χ1n) is 13.4. The number of benzene rings is 2. The number of ether oxygens (including phenoxy) is 1. The fraction of sp³-hybridized carbons (Fsp3) is 0.194. The van der Waals surface area contributed by atoms with E-state index in [-0.39, 0.29) is 16.9 Å². The summed E-state index contributed by atoms with van der Waals surface area (Å²) in [5.74, 6) is 1.07. The first-order chi connectivity index (χ1) is 19.9. The summed E-state index contributed by atoms with van der Waals surface area (Å²) in [4.78, 5) is 34.9. The van der Waals surface area contributed by atoms with Crippen molar-refractivity contribution in [3.05, 3.63) is 89.1 Å². The lowest BCUT2D eigenvalue weighted by Gasteiger charge is -2.12. The Morgan fingerprint density at radius 2 is 1.85 bits per heavy atom. The number of carbonyl (C=O) groups excluding carboxylic acids is 2. The van der Waals surface area contributed by atoms with Gasteiger partial charge >= 0.3 is 0 Å². The number of phenols is 1. The number of nitrogens with two attached hydrogens (primary N) is 2. The summed E-state index contributed by atoms with van der Waals surface area (Å²) in [6.45, 7) is 0. The van der Waals surface area contributed by atoms with E-state index < -0.39 is 5.91 Å². The zero-order valence-corrected chi connectivity index (χ0v) is 22.2. The van der Waals surface area contributed by atoms with E-state index in [2.05, 4.69) is 27.8 Å². The van der Waals surface area contributed by atoms with Gasteiger partial charge in [0.05, 0.1) is 11.1 Å². The molecule has 0 unspecified atom stereocenters. The van der Waals surface area contributed by atoms with Crippen molar-refractivity contribution >= 4 is 29.2 Å². The summed E-state index contributed by atoms with van der Waals surface area (Å²) in [6.07, 6.45) is 8.13. The van der Waals surface area contributed by atoms with Crippen LogP contribution >= 0.6 is 0 Å². The number of pyridine rings is 2. The second-order valence-corrected chi connectivity index (χ2v) is 10.1. The topological polar surface area (TPSA) is 159 Å². The molecule has 0 radical (unpaired) electrons. The SMILES string of the molecule is NC(=O)c1ccc(O)c(C=O)c1.Nc1ncccc1-c1nc2ccc(OC3CC3)nc2n1-c1ccc2c(c1)CCC2. The van der Waals surface area contributed by atoms with Crippen LogP contribution in [0.25, 0.3) is 28.2 Å². The van der Waals surface area contributed by atoms with E-state index in [1.807, 2.05) is 24.3 Å². The van der Waals surface area contributed by atoms with Crippen molar-refractivity contribution in [3.63, 3.8) is 0 Å². The number of imidazole rings is 1. The summed E-state index contributed by atoms with van der Waals surface area (Å²) in [5.41, 5.74) is 17.7. The molecule has 3 heterocycles. The standard InChI is InChI=1S/C23H21N5O.C8H7NO3/c24-21-18(5-2-12-25-21)22-26-19-10-11-20(29-17-8-9-17)27-23(19)28(22)16-7-6-14-3-1-4-15(14)13-16;9-8(12)5-1-2-7(11)6(3-5)4-10/h2,5-7,10-13,17H,1,3-4,8-9H2,(H2,24,25);1-4,11H,(H2,9,12). The van der Waals surface area contributed by atoms with Gasteiger partial charge < -0.3 is 21.3 Å². The minimum absolute atomic E-state index is 0.0614. The first kappa shape index (κ1) is 26.0. The maximum atomic E-state index is 10.6. The van der Waals surface area contributed by atoms with Crippen LogP contribution in [0.15, 0.2) is 66.9 Å². The molecular formula is C31H28N6O4. The van der Waals surface area contributed by atoms with Crippen LogP contribution in [0.2, 0.25) is 0 Å². The molecule has 41 heavy (non-hydrogen) atoms. The largest absolute Gasteiger partial charge is 0.507 e. The monoisotopic (exact) mass is 548 g/mol. The number of anilines is 1. The Balaban J connectivity index is 0.000000213. The lowest BCUT2D eigenvalue weighted by molar-refractivity contribution is 0.1000. The van der Waals surface area contributed by atoms with Crippen molar-refractivity contribution in [1.82, 2.24) is 19.5 Å². The van der Waals surface area contributed by atoms with Crippen molar-refractivity contribution in [3.8, 4) is 28.7 Å². The van der Waals surface area contributed by atoms with Gasteiger partial charge in [0, 0.05) is 23.5 Å². The number of aryl methyl sites for hydroxylation is 2. The number of aromatic nitrogens is 4. The zero-order valence-electron chi connectivity index (χ0n) is 22.2. The minimum Gasteiger partial charge on any atom is -0.507 e. The lowest BCUT2D eigenvalue weighted by atomic mass is 10.1. The number of phenolic OH excluding ortho intramolecular Hbond substituents is 1. The molecule has 1 fully saturated rings. The number of hydrogen-bond acceptors (Lipinski definition) is 8. The average molecular weight is 549 g/mol. The molecule has 0 spiro atoms. The highest BCUT2D eigenvalue weighted by atomic mass is 16.5. The summed E-state index contributed by atoms with van der Waals surface area (Å²) in [6, 6.07) is 18.2. The minimum atomic E-state index is -0.627. The molecule has 2 aliphatic rings. The van der Waals surface area contributed by atoms with Crippen LogP contribution in [0.1, 0.15) is 51.1 Å². The van der Waals surface area contributed by atoms with Crippen LogP contribution in [-0.2, 0) is 12.8 Å². The van der Waals surface area contributed by atoms with Gasteiger partial charge in [0.25, 0.3) is 0 Å². The average Bonchev–Trinajstić information content (AvgIpc) is 3.52. The Hall–Kier alpha value is -5.25. The molecule has 1 saturated carbocycles. The van der Waals surface area contributed by atoms with Crippen molar-refractivity contribution in [1.29, 1.82) is 0 Å². The summed E-state index contributed by atoms with van der Waals surface area (Å²) in [7, 11) is 0. The molecule has 0 bridgehead atoms. The molecule has 10 nitrogen and oxygen atoms in total. The van der Waals surface area contributed by atoms with E-state index in [0.29, 0.717) is 24.1 Å². The van der Waals surface area contributed by atoms with Gasteiger partial charge in [-0.3, -0.25) is 14.2 Å². The highest BCUT2D eigenvalue weighted by Crippen LogP contribution is 2.34. The maximum Gasteiger partial charge on any atom is 0.248 e. The summed E-state index contributed by atoms with van der Waals surface area (Å²) < 4.78 is 8.03. The van der Waals surface area contributed by atoms with Crippen molar-refractivity contribution < 1.29 is 19.4 Å². The van der Waals surface area contributed by atoms with Crippen LogP contribution in [0.3, 0.4) is 0 Å². The fourth-order valence-corrected chi connectivity index (χ4v) is 4.89. The molecule has 0 saturated heterocycles. The predicted octanol–water partition coefficient (Wildman–Crippen LogP) is 4.40. The van der Waals surface area contributed by atoms with E-state index >= 15 is 0 Å². The van der Waals surface area contributed by atoms with Crippen molar-refractivity contribution in [2.45, 2.75) is 38.2 Å². The normalized spacial score (nSPS) is 13.8. The summed E-state index contributed by atoms with van der Waals surface area (Å²) in [5, 5.41) is 9.03. The van der Waals surface area contributed by atoms with Gasteiger partial charge in [-0.15, -0.1) is 0 Å². The third kappa shape index (κ3) is 5.31. The lowest BCUT2D eigenvalue weighted by Crippen LogP contribution is -2.10. The van der Waals surface area contributed by atoms with Crippen LogP contribution in [0.5, 0.6) is 11.6 Å². The molecule has 2 aromatic carbocycles. The number of nitrogen functional groups attached to an aromatic ring is 1. The van der Waals surface area contributed by atoms with E-state index in [4.69, 9.17) is 31.3 Å². The van der Waals surface area contributed by atoms with Gasteiger partial charge in [0.2, 0.25) is 11.8 Å². The molecule has 5 aromatic rings. The van der Waals surface area contributed by atoms with Crippen LogP contribution in [0, 0.1) is 0 Å². The van der Waals surface area contributed by atoms with Crippen molar-refractivity contribution in [2.24, 2.45) is 5.73 Å². The molecule has 1 amide bonds. The zero-order chi connectivity index (χ0) is 28.5. The van der Waals surface area contributed by atoms with Gasteiger partial charge in [-0.1, -0.05) is 6.07 Å². The molecule has 7 rings (SSSR count). The van der Waals surface area contributed by atoms with Gasteiger partial charge in [0.1, 0.15) is 23.2 Å². The van der Waals surface area contributed by atoms with E-state index in [1.54, 1.807) is 6.20 Å². The number of fused-ring (bicyclic) bond motifs is 2. The van der Waals surface area contributed by atoms with Crippen LogP contribution in [0.4, 0.5) is 5.82 Å². The molecular weight excluding hydrogens is 520 g/mol. The van der Waals surface area contributed by atoms with Gasteiger partial charge in [-0.25, -0.2) is 9.97 Å². The third-order valence-corrected chi connectivity index (χ3v) is 7.15. The van der Waals surface area contributed by atoms with Gasteiger partial charge in [0.15, 0.2) is 17.8 Å². The second kappa shape index (κ2) is 10.7. The molecule has 5 N–H and O–H groups in total. The first-order valence-corrected chi connectivity index (χ1v) is 13.4. The number of nitrogens with zero attached hydrogens (tertiary/aromatic N) is 4. The highest BCUT2D eigenvalue weighted by molar-refractivity contribution is 5.95. The number of primary amides is 1. The van der Waals surface area contributed by atoms with Crippen molar-refractivity contribution in [2.75, 3.05) is 5.73 Å². The number of aromatic hydroxyl groups is 1. The van der Waals surface area contributed by atoms with E-state index in [9.17, 15) is 9.59 Å². The van der Waals surface area contributed by atoms with E-state index in [1.165, 1.54) is 35.7 Å². The quantitative estimate of drug-likeness (QED) is 0.263. The number of carbonyl (C=O) groups is 2. The Kier molecular flexibility index (Phi) is 6.80. The second-order valence-electron chi connectivity index (χ2n) is 10.1. The van der Waals surface area contributed by atoms with Gasteiger partial charge in [-0.2, -0.15) is 4.98 Å². The number of amides is 1. The fourth-order valence-electron chi connectivity index (χ4n) is 4.89. The highest BCUT2D eigenvalue weighted by Gasteiger charge is 2.25. The number of aldehydes is 1. The van der Waals surface area contributed by atoms with Crippen LogP contribution < -0.4 is 16.2 Å². The molecule has 206 valence electrons. The number of hydrogen-bond donors (Lipinski definition) is 3. The van der Waals surface area contributed by atoms with E-state index in [0.717, 1.165) is 53.9 Å². The Morgan fingerprint density at radius 1 is 1.02 bits per heavy atom. The Labute approximate surface area is 235 Å². The number of rotatable bonds is 6. The molecule has 0 atom stereocenters. The molecule has 10 heteroatoms. The van der Waals surface area contributed by atoms with Gasteiger partial charge in [-0.05, 0) is 91.8 Å². The molecule has 3 aromatic heterocycles. The molecule has 0 aliphatic heterocycles. The third-order valence-electron chi connectivity index (χ3n) is 7.15. The maximum absolute atomic E-state index is 10.6. The smallest absolute Gasteiger partial charge is 0.248 e. The summed E-state index contributed by atoms with van der Waals surface area (Å²) >= 11 is 0. The molecule has 2 aliphatic carbocycles. The predicted molar refractivity (Wildman–Crippen MR) is 154 cm³/mol.